The summed E-state index contributed by atoms with van der Waals surface area (Å²) >= 11 is 0. The molecule has 0 aromatic heterocycles. The lowest BCUT2D eigenvalue weighted by molar-refractivity contribution is -0.140. The summed E-state index contributed by atoms with van der Waals surface area (Å²) in [5.74, 6) is -0.235. The van der Waals surface area contributed by atoms with Gasteiger partial charge < -0.3 is 4.74 Å². The van der Waals surface area contributed by atoms with Gasteiger partial charge in [-0.05, 0) is 6.42 Å². The van der Waals surface area contributed by atoms with Crippen LogP contribution in [0.15, 0.2) is 12.2 Å². The lowest BCUT2D eigenvalue weighted by atomic mass is 10.1. The first kappa shape index (κ1) is 9.27. The number of esters is 1. The van der Waals surface area contributed by atoms with E-state index in [1.54, 1.807) is 0 Å². The number of hydrogen-bond acceptors (Lipinski definition) is 2. The summed E-state index contributed by atoms with van der Waals surface area (Å²) in [7, 11) is 5.18. The van der Waals surface area contributed by atoms with Crippen LogP contribution in [0, 0.1) is 0 Å². The highest BCUT2D eigenvalue weighted by molar-refractivity contribution is 6.09. The Morgan fingerprint density at radius 2 is 2.30 bits per heavy atom. The highest BCUT2D eigenvalue weighted by atomic mass is 16.5. The van der Waals surface area contributed by atoms with Crippen molar-refractivity contribution in [2.24, 2.45) is 0 Å². The van der Waals surface area contributed by atoms with Crippen LogP contribution in [0.5, 0.6) is 0 Å². The molecule has 2 radical (unpaired) electrons. The second-order valence-corrected chi connectivity index (χ2v) is 1.84. The molecular weight excluding hydrogens is 127 g/mol. The second-order valence-electron chi connectivity index (χ2n) is 1.84. The Kier molecular flexibility index (Phi) is 5.93. The van der Waals surface area contributed by atoms with Crippen LogP contribution in [0.1, 0.15) is 13.3 Å². The zero-order chi connectivity index (χ0) is 7.82. The van der Waals surface area contributed by atoms with Crippen molar-refractivity contribution in [2.75, 3.05) is 6.61 Å². The molecule has 0 aliphatic carbocycles. The third-order valence-corrected chi connectivity index (χ3v) is 0.893. The molecule has 0 bridgehead atoms. The van der Waals surface area contributed by atoms with Gasteiger partial charge in [0.1, 0.15) is 0 Å². The predicted molar refractivity (Wildman–Crippen MR) is 41.0 cm³/mol. The minimum absolute atomic E-state index is 0.235. The first-order valence-electron chi connectivity index (χ1n) is 3.26. The fourth-order valence-electron chi connectivity index (χ4n) is 0.485. The largest absolute Gasteiger partial charge is 0.466 e. The van der Waals surface area contributed by atoms with Gasteiger partial charge in [0.25, 0.3) is 0 Å². The van der Waals surface area contributed by atoms with Crippen molar-refractivity contribution in [2.45, 2.75) is 19.7 Å². The van der Waals surface area contributed by atoms with Gasteiger partial charge in [-0.1, -0.05) is 18.5 Å². The summed E-state index contributed by atoms with van der Waals surface area (Å²) in [6, 6.07) is 0. The number of ether oxygens (including phenoxy) is 1. The second kappa shape index (κ2) is 6.40. The lowest BCUT2D eigenvalue weighted by Crippen LogP contribution is -1.98. The summed E-state index contributed by atoms with van der Waals surface area (Å²) in [6.45, 7) is 1.85. The van der Waals surface area contributed by atoms with Crippen LogP contribution >= 0.6 is 0 Å². The average Bonchev–Trinajstić information content (AvgIpc) is 1.87. The molecule has 0 saturated carbocycles. The minimum atomic E-state index is -0.235. The molecule has 0 amide bonds. The molecule has 10 heavy (non-hydrogen) atoms. The standard InChI is InChI=1S/C7H11BO2/c1-7(9)10-6-4-2-3-5-8/h2-3H,4-6H2,1H3/b3-2-. The van der Waals surface area contributed by atoms with Crippen LogP contribution in [0.2, 0.25) is 6.32 Å². The molecule has 0 N–H and O–H groups in total. The van der Waals surface area contributed by atoms with E-state index in [2.05, 4.69) is 4.74 Å². The third-order valence-electron chi connectivity index (χ3n) is 0.893. The molecule has 0 saturated heterocycles. The first-order valence-corrected chi connectivity index (χ1v) is 3.26. The minimum Gasteiger partial charge on any atom is -0.466 e. The van der Waals surface area contributed by atoms with Crippen molar-refractivity contribution in [3.05, 3.63) is 12.2 Å². The van der Waals surface area contributed by atoms with E-state index in [0.717, 1.165) is 6.42 Å². The molecule has 2 nitrogen and oxygen atoms in total. The van der Waals surface area contributed by atoms with Crippen molar-refractivity contribution < 1.29 is 9.53 Å². The van der Waals surface area contributed by atoms with E-state index in [0.29, 0.717) is 12.9 Å². The zero-order valence-corrected chi connectivity index (χ0v) is 6.17. The molecule has 0 heterocycles. The van der Waals surface area contributed by atoms with E-state index >= 15 is 0 Å². The SMILES string of the molecule is [B]C/C=C\CCOC(C)=O. The zero-order valence-electron chi connectivity index (χ0n) is 6.17. The summed E-state index contributed by atoms with van der Waals surface area (Å²) in [5, 5.41) is 0. The molecule has 0 aromatic rings. The smallest absolute Gasteiger partial charge is 0.302 e. The van der Waals surface area contributed by atoms with E-state index in [4.69, 9.17) is 7.85 Å². The monoisotopic (exact) mass is 138 g/mol. The topological polar surface area (TPSA) is 26.3 Å². The summed E-state index contributed by atoms with van der Waals surface area (Å²) in [5.41, 5.74) is 0. The molecule has 0 unspecified atom stereocenters. The van der Waals surface area contributed by atoms with Gasteiger partial charge >= 0.3 is 5.97 Å². The molecule has 0 aliphatic heterocycles. The number of rotatable bonds is 4. The molecule has 0 fully saturated rings. The van der Waals surface area contributed by atoms with Crippen molar-refractivity contribution in [1.29, 1.82) is 0 Å². The maximum absolute atomic E-state index is 10.2. The van der Waals surface area contributed by atoms with E-state index in [-0.39, 0.29) is 5.97 Å². The van der Waals surface area contributed by atoms with Gasteiger partial charge in [0.15, 0.2) is 0 Å². The van der Waals surface area contributed by atoms with Crippen molar-refractivity contribution in [3.8, 4) is 0 Å². The van der Waals surface area contributed by atoms with Crippen LogP contribution in [0.25, 0.3) is 0 Å². The Labute approximate surface area is 62.7 Å². The molecule has 0 atom stereocenters. The Morgan fingerprint density at radius 3 is 2.80 bits per heavy atom. The van der Waals surface area contributed by atoms with E-state index < -0.39 is 0 Å². The Morgan fingerprint density at radius 1 is 1.60 bits per heavy atom. The van der Waals surface area contributed by atoms with E-state index in [1.807, 2.05) is 12.2 Å². The van der Waals surface area contributed by atoms with Gasteiger partial charge in [0, 0.05) is 6.92 Å². The van der Waals surface area contributed by atoms with Gasteiger partial charge in [0.05, 0.1) is 14.5 Å². The van der Waals surface area contributed by atoms with Crippen LogP contribution in [-0.2, 0) is 9.53 Å². The predicted octanol–water partition coefficient (Wildman–Crippen LogP) is 1.08. The van der Waals surface area contributed by atoms with E-state index in [9.17, 15) is 4.79 Å². The van der Waals surface area contributed by atoms with Crippen LogP contribution < -0.4 is 0 Å². The van der Waals surface area contributed by atoms with Crippen LogP contribution in [0.4, 0.5) is 0 Å². The average molecular weight is 138 g/mol. The van der Waals surface area contributed by atoms with Crippen molar-refractivity contribution in [3.63, 3.8) is 0 Å². The fourth-order valence-corrected chi connectivity index (χ4v) is 0.485. The van der Waals surface area contributed by atoms with Crippen molar-refractivity contribution >= 4 is 13.8 Å². The van der Waals surface area contributed by atoms with Crippen LogP contribution in [0.3, 0.4) is 0 Å². The molecule has 0 spiro atoms. The highest BCUT2D eigenvalue weighted by Gasteiger charge is 1.87. The molecule has 0 aliphatic rings. The summed E-state index contributed by atoms with van der Waals surface area (Å²) in [4.78, 5) is 10.2. The van der Waals surface area contributed by atoms with Crippen LogP contribution in [-0.4, -0.2) is 20.4 Å². The Balaban J connectivity index is 3.05. The number of carbonyl (C=O) groups excluding carboxylic acids is 1. The normalized spacial score (nSPS) is 10.1. The number of hydrogen-bond donors (Lipinski definition) is 0. The summed E-state index contributed by atoms with van der Waals surface area (Å²) < 4.78 is 4.66. The lowest BCUT2D eigenvalue weighted by Gasteiger charge is -1.95. The summed E-state index contributed by atoms with van der Waals surface area (Å²) in [6.07, 6.45) is 5.02. The highest BCUT2D eigenvalue weighted by Crippen LogP contribution is 1.87. The van der Waals surface area contributed by atoms with Crippen molar-refractivity contribution in [1.82, 2.24) is 0 Å². The number of allylic oxidation sites excluding steroid dienone is 1. The maximum atomic E-state index is 10.2. The third kappa shape index (κ3) is 7.27. The van der Waals surface area contributed by atoms with Gasteiger partial charge in [0.2, 0.25) is 0 Å². The maximum Gasteiger partial charge on any atom is 0.302 e. The molecule has 0 aromatic carbocycles. The number of carbonyl (C=O) groups is 1. The van der Waals surface area contributed by atoms with E-state index in [1.165, 1.54) is 6.92 Å². The quantitative estimate of drug-likeness (QED) is 0.251. The molecule has 3 heteroatoms. The van der Waals surface area contributed by atoms with Gasteiger partial charge in [-0.3, -0.25) is 4.79 Å². The fraction of sp³-hybridized carbons (Fsp3) is 0.571. The Bertz CT molecular complexity index is 121. The van der Waals surface area contributed by atoms with Gasteiger partial charge in [-0.2, -0.15) is 0 Å². The first-order chi connectivity index (χ1) is 4.77. The molecule has 54 valence electrons. The molecule has 0 rings (SSSR count). The molecular formula is C7H11BO2. The van der Waals surface area contributed by atoms with Gasteiger partial charge in [-0.15, -0.1) is 0 Å². The van der Waals surface area contributed by atoms with Gasteiger partial charge in [-0.25, -0.2) is 0 Å². The Hall–Kier alpha value is -0.725.